The summed E-state index contributed by atoms with van der Waals surface area (Å²) >= 11 is 6.16. The summed E-state index contributed by atoms with van der Waals surface area (Å²) in [6.45, 7) is 8.06. The lowest BCUT2D eigenvalue weighted by Crippen LogP contribution is -2.33. The average molecular weight is 324 g/mol. The molecule has 2 aromatic heterocycles. The number of rotatable bonds is 4. The minimum Gasteiger partial charge on any atom is -0.339 e. The molecule has 120 valence electrons. The highest BCUT2D eigenvalue weighted by Crippen LogP contribution is 2.23. The van der Waals surface area contributed by atoms with Gasteiger partial charge in [0.2, 0.25) is 5.91 Å². The minimum atomic E-state index is -0.395. The van der Waals surface area contributed by atoms with Crippen molar-refractivity contribution in [2.45, 2.75) is 40.3 Å². The predicted octanol–water partition coefficient (Wildman–Crippen LogP) is 2.41. The van der Waals surface area contributed by atoms with E-state index in [4.69, 9.17) is 11.6 Å². The Morgan fingerprint density at radius 3 is 2.45 bits per heavy atom. The quantitative estimate of drug-likeness (QED) is 0.868. The summed E-state index contributed by atoms with van der Waals surface area (Å²) in [6, 6.07) is -0.395. The summed E-state index contributed by atoms with van der Waals surface area (Å²) in [6.07, 6.45) is 1.80. The molecule has 0 saturated heterocycles. The van der Waals surface area contributed by atoms with Gasteiger partial charge >= 0.3 is 0 Å². The van der Waals surface area contributed by atoms with Crippen molar-refractivity contribution in [1.82, 2.24) is 24.5 Å². The van der Waals surface area contributed by atoms with Crippen molar-refractivity contribution in [1.29, 1.82) is 0 Å². The van der Waals surface area contributed by atoms with Crippen LogP contribution in [-0.4, -0.2) is 37.4 Å². The van der Waals surface area contributed by atoms with Crippen molar-refractivity contribution >= 4 is 17.5 Å². The Morgan fingerprint density at radius 1 is 1.36 bits per heavy atom. The number of aromatic nitrogens is 4. The normalized spacial score (nSPS) is 12.5. The van der Waals surface area contributed by atoms with E-state index in [9.17, 15) is 4.79 Å². The Labute approximate surface area is 135 Å². The zero-order valence-corrected chi connectivity index (χ0v) is 14.6. The predicted molar refractivity (Wildman–Crippen MR) is 85.8 cm³/mol. The fraction of sp³-hybridized carbons (Fsp3) is 0.533. The van der Waals surface area contributed by atoms with Gasteiger partial charge in [-0.1, -0.05) is 11.6 Å². The van der Waals surface area contributed by atoms with Crippen LogP contribution in [0.15, 0.2) is 6.20 Å². The third-order valence-corrected chi connectivity index (χ3v) is 4.63. The van der Waals surface area contributed by atoms with E-state index >= 15 is 0 Å². The van der Waals surface area contributed by atoms with Gasteiger partial charge in [-0.25, -0.2) is 0 Å². The maximum Gasteiger partial charge on any atom is 0.247 e. The third kappa shape index (κ3) is 2.88. The molecule has 1 unspecified atom stereocenters. The molecule has 1 amide bonds. The van der Waals surface area contributed by atoms with Crippen molar-refractivity contribution in [3.05, 3.63) is 33.9 Å². The number of halogens is 1. The lowest BCUT2D eigenvalue weighted by molar-refractivity contribution is -0.133. The van der Waals surface area contributed by atoms with Crippen LogP contribution < -0.4 is 0 Å². The molecule has 0 saturated carbocycles. The molecule has 2 heterocycles. The highest BCUT2D eigenvalue weighted by Gasteiger charge is 2.24. The first kappa shape index (κ1) is 16.5. The molecule has 0 N–H and O–H groups in total. The van der Waals surface area contributed by atoms with E-state index in [1.807, 2.05) is 34.7 Å². The monoisotopic (exact) mass is 323 g/mol. The molecule has 22 heavy (non-hydrogen) atoms. The Bertz CT molecular complexity index is 703. The second kappa shape index (κ2) is 6.12. The Balaban J connectivity index is 2.16. The van der Waals surface area contributed by atoms with Crippen molar-refractivity contribution in [3.8, 4) is 0 Å². The molecule has 7 heteroatoms. The zero-order valence-electron chi connectivity index (χ0n) is 13.9. The summed E-state index contributed by atoms with van der Waals surface area (Å²) in [5.74, 6) is -0.00878. The molecule has 0 aliphatic carbocycles. The van der Waals surface area contributed by atoms with Gasteiger partial charge in [-0.3, -0.25) is 14.2 Å². The van der Waals surface area contributed by atoms with Gasteiger partial charge in [0, 0.05) is 31.9 Å². The lowest BCUT2D eigenvalue weighted by atomic mass is 10.2. The summed E-state index contributed by atoms with van der Waals surface area (Å²) < 4.78 is 3.49. The number of carbonyl (C=O) groups excluding carboxylic acids is 1. The van der Waals surface area contributed by atoms with Crippen LogP contribution in [-0.2, 0) is 18.4 Å². The van der Waals surface area contributed by atoms with E-state index in [-0.39, 0.29) is 5.91 Å². The SMILES string of the molecule is Cc1nn(C(C)C(=O)N(C)Cc2cnn(C)c2C)c(C)c1Cl. The van der Waals surface area contributed by atoms with Crippen LogP contribution in [0.25, 0.3) is 0 Å². The Kier molecular flexibility index (Phi) is 4.60. The highest BCUT2D eigenvalue weighted by molar-refractivity contribution is 6.31. The van der Waals surface area contributed by atoms with Crippen LogP contribution in [0.5, 0.6) is 0 Å². The fourth-order valence-electron chi connectivity index (χ4n) is 2.48. The van der Waals surface area contributed by atoms with Crippen LogP contribution in [0, 0.1) is 20.8 Å². The van der Waals surface area contributed by atoms with Crippen molar-refractivity contribution in [3.63, 3.8) is 0 Å². The maximum absolute atomic E-state index is 12.6. The summed E-state index contributed by atoms with van der Waals surface area (Å²) in [5, 5.41) is 9.18. The molecule has 2 aromatic rings. The highest BCUT2D eigenvalue weighted by atomic mass is 35.5. The van der Waals surface area contributed by atoms with Crippen molar-refractivity contribution in [2.75, 3.05) is 7.05 Å². The number of nitrogens with zero attached hydrogens (tertiary/aromatic N) is 5. The molecule has 6 nitrogen and oxygen atoms in total. The number of aryl methyl sites for hydroxylation is 2. The number of hydrogen-bond acceptors (Lipinski definition) is 3. The first-order valence-corrected chi connectivity index (χ1v) is 7.55. The molecule has 0 bridgehead atoms. The molecular formula is C15H22ClN5O. The van der Waals surface area contributed by atoms with Crippen LogP contribution in [0.4, 0.5) is 0 Å². The molecule has 0 aromatic carbocycles. The van der Waals surface area contributed by atoms with Gasteiger partial charge in [0.15, 0.2) is 0 Å². The first-order valence-electron chi connectivity index (χ1n) is 7.17. The Morgan fingerprint density at radius 2 is 2.00 bits per heavy atom. The van der Waals surface area contributed by atoms with Gasteiger partial charge in [0.05, 0.1) is 22.6 Å². The number of amides is 1. The largest absolute Gasteiger partial charge is 0.339 e. The molecule has 1 atom stereocenters. The number of likely N-dealkylation sites (N-methyl/N-ethyl adjacent to an activating group) is 1. The molecule has 0 aliphatic rings. The molecule has 0 aliphatic heterocycles. The average Bonchev–Trinajstić information content (AvgIpc) is 2.93. The van der Waals surface area contributed by atoms with Crippen LogP contribution >= 0.6 is 11.6 Å². The lowest BCUT2D eigenvalue weighted by Gasteiger charge is -2.22. The van der Waals surface area contributed by atoms with E-state index in [0.29, 0.717) is 11.6 Å². The van der Waals surface area contributed by atoms with E-state index in [1.165, 1.54) is 0 Å². The molecular weight excluding hydrogens is 302 g/mol. The van der Waals surface area contributed by atoms with Gasteiger partial charge < -0.3 is 4.90 Å². The second-order valence-electron chi connectivity index (χ2n) is 5.68. The maximum atomic E-state index is 12.6. The van der Waals surface area contributed by atoms with E-state index in [2.05, 4.69) is 10.2 Å². The summed E-state index contributed by atoms with van der Waals surface area (Å²) in [7, 11) is 3.68. The molecule has 2 rings (SSSR count). The van der Waals surface area contributed by atoms with Crippen molar-refractivity contribution < 1.29 is 4.79 Å². The van der Waals surface area contributed by atoms with Crippen LogP contribution in [0.3, 0.4) is 0 Å². The number of carbonyl (C=O) groups is 1. The van der Waals surface area contributed by atoms with Gasteiger partial charge in [-0.2, -0.15) is 10.2 Å². The second-order valence-corrected chi connectivity index (χ2v) is 6.06. The fourth-order valence-corrected chi connectivity index (χ4v) is 2.60. The van der Waals surface area contributed by atoms with Crippen LogP contribution in [0.1, 0.15) is 35.6 Å². The van der Waals surface area contributed by atoms with Gasteiger partial charge in [0.1, 0.15) is 6.04 Å². The molecule has 0 spiro atoms. The summed E-state index contributed by atoms with van der Waals surface area (Å²) in [5.41, 5.74) is 3.65. The van der Waals surface area contributed by atoms with E-state index in [1.54, 1.807) is 27.5 Å². The van der Waals surface area contributed by atoms with E-state index < -0.39 is 6.04 Å². The van der Waals surface area contributed by atoms with E-state index in [0.717, 1.165) is 22.6 Å². The van der Waals surface area contributed by atoms with Crippen molar-refractivity contribution in [2.24, 2.45) is 7.05 Å². The zero-order chi connectivity index (χ0) is 16.6. The topological polar surface area (TPSA) is 56.0 Å². The Hall–Kier alpha value is -1.82. The summed E-state index contributed by atoms with van der Waals surface area (Å²) in [4.78, 5) is 14.3. The van der Waals surface area contributed by atoms with Gasteiger partial charge in [-0.05, 0) is 27.7 Å². The van der Waals surface area contributed by atoms with Gasteiger partial charge in [-0.15, -0.1) is 0 Å². The minimum absolute atomic E-state index is 0.00878. The van der Waals surface area contributed by atoms with Gasteiger partial charge in [0.25, 0.3) is 0 Å². The molecule has 0 fully saturated rings. The first-order chi connectivity index (χ1) is 10.2. The van der Waals surface area contributed by atoms with Crippen LogP contribution in [0.2, 0.25) is 5.02 Å². The number of hydrogen-bond donors (Lipinski definition) is 0. The molecule has 0 radical (unpaired) electrons. The smallest absolute Gasteiger partial charge is 0.247 e. The standard InChI is InChI=1S/C15H22ClN5O/c1-9-14(16)11(3)21(18-9)12(4)15(22)19(5)8-13-7-17-20(6)10(13)2/h7,12H,8H2,1-6H3. The third-order valence-electron chi connectivity index (χ3n) is 4.08.